The van der Waals surface area contributed by atoms with Gasteiger partial charge in [0.15, 0.2) is 5.82 Å². The van der Waals surface area contributed by atoms with E-state index in [-0.39, 0.29) is 0 Å². The summed E-state index contributed by atoms with van der Waals surface area (Å²) in [5.41, 5.74) is 2.57. The molecular weight excluding hydrogens is 302 g/mol. The summed E-state index contributed by atoms with van der Waals surface area (Å²) in [7, 11) is 0. The Morgan fingerprint density at radius 2 is 2.06 bits per heavy atom. The minimum absolute atomic E-state index is 0.606. The predicted octanol–water partition coefficient (Wildman–Crippen LogP) is 1.85. The van der Waals surface area contributed by atoms with E-state index in [1.165, 1.54) is 6.33 Å². The largest absolute Gasteiger partial charge is 0.353 e. The van der Waals surface area contributed by atoms with E-state index in [1.54, 1.807) is 0 Å². The number of halogens is 1. The van der Waals surface area contributed by atoms with E-state index in [9.17, 15) is 0 Å². The molecule has 2 atom stereocenters. The third kappa shape index (κ3) is 2.83. The van der Waals surface area contributed by atoms with Crippen molar-refractivity contribution in [2.75, 3.05) is 23.4 Å². The van der Waals surface area contributed by atoms with Gasteiger partial charge in [-0.25, -0.2) is 15.8 Å². The lowest BCUT2D eigenvalue weighted by atomic mass is 10.3. The first-order chi connectivity index (χ1) is 8.11. The summed E-state index contributed by atoms with van der Waals surface area (Å²) in [4.78, 5) is 10.7. The van der Waals surface area contributed by atoms with Gasteiger partial charge in [0.05, 0.1) is 0 Å². The lowest BCUT2D eigenvalue weighted by Crippen LogP contribution is -2.41. The second-order valence-corrected chi connectivity index (χ2v) is 6.84. The van der Waals surface area contributed by atoms with E-state index in [1.807, 2.05) is 11.8 Å². The van der Waals surface area contributed by atoms with Crippen LogP contribution in [0.4, 0.5) is 11.6 Å². The standard InChI is InChI=1S/C10H16BrN5S/c1-6-3-16(4-7(2)17-6)10-8(11)9(15-12)13-5-14-10/h5-7H,3-4,12H2,1-2H3,(H,13,14,15). The van der Waals surface area contributed by atoms with Gasteiger partial charge in [-0.15, -0.1) is 0 Å². The molecule has 1 saturated heterocycles. The van der Waals surface area contributed by atoms with Crippen molar-refractivity contribution in [1.29, 1.82) is 0 Å². The van der Waals surface area contributed by atoms with E-state index in [0.29, 0.717) is 16.3 Å². The van der Waals surface area contributed by atoms with Crippen LogP contribution in [0.3, 0.4) is 0 Å². The van der Waals surface area contributed by atoms with Gasteiger partial charge >= 0.3 is 0 Å². The molecule has 1 aliphatic rings. The molecule has 1 aliphatic heterocycles. The van der Waals surface area contributed by atoms with Gasteiger partial charge in [0.1, 0.15) is 16.6 Å². The Balaban J connectivity index is 2.27. The first kappa shape index (κ1) is 12.9. The Bertz CT molecular complexity index is 392. The van der Waals surface area contributed by atoms with E-state index >= 15 is 0 Å². The number of hydrogen-bond donors (Lipinski definition) is 2. The van der Waals surface area contributed by atoms with Crippen molar-refractivity contribution >= 4 is 39.3 Å². The quantitative estimate of drug-likeness (QED) is 0.641. The molecule has 2 unspecified atom stereocenters. The Morgan fingerprint density at radius 1 is 1.41 bits per heavy atom. The van der Waals surface area contributed by atoms with Gasteiger partial charge in [0, 0.05) is 23.6 Å². The van der Waals surface area contributed by atoms with Gasteiger partial charge in [-0.3, -0.25) is 0 Å². The number of nitrogens with two attached hydrogens (primary N) is 1. The van der Waals surface area contributed by atoms with Crippen molar-refractivity contribution in [3.8, 4) is 0 Å². The Labute approximate surface area is 114 Å². The maximum absolute atomic E-state index is 5.41. The van der Waals surface area contributed by atoms with Gasteiger partial charge in [0.2, 0.25) is 0 Å². The molecule has 0 amide bonds. The third-order valence-electron chi connectivity index (χ3n) is 2.63. The molecule has 2 rings (SSSR count). The number of hydrazine groups is 1. The highest BCUT2D eigenvalue weighted by Gasteiger charge is 2.25. The third-order valence-corrected chi connectivity index (χ3v) is 4.58. The van der Waals surface area contributed by atoms with E-state index in [4.69, 9.17) is 5.84 Å². The number of nitrogens with one attached hydrogen (secondary N) is 1. The smallest absolute Gasteiger partial charge is 0.159 e. The minimum Gasteiger partial charge on any atom is -0.353 e. The molecule has 2 heterocycles. The fourth-order valence-corrected chi connectivity index (χ4v) is 3.93. The summed E-state index contributed by atoms with van der Waals surface area (Å²) in [5.74, 6) is 6.94. The van der Waals surface area contributed by atoms with E-state index < -0.39 is 0 Å². The number of nitrogens with zero attached hydrogens (tertiary/aromatic N) is 3. The molecule has 0 spiro atoms. The van der Waals surface area contributed by atoms with E-state index in [2.05, 4.69) is 50.1 Å². The highest BCUT2D eigenvalue weighted by Crippen LogP contribution is 2.33. The molecule has 94 valence electrons. The molecule has 1 aromatic rings. The van der Waals surface area contributed by atoms with Crippen molar-refractivity contribution in [3.63, 3.8) is 0 Å². The van der Waals surface area contributed by atoms with Crippen LogP contribution >= 0.6 is 27.7 Å². The first-order valence-corrected chi connectivity index (χ1v) is 7.23. The van der Waals surface area contributed by atoms with Crippen LogP contribution in [0.5, 0.6) is 0 Å². The summed E-state index contributed by atoms with van der Waals surface area (Å²) in [6.45, 7) is 6.47. The molecule has 0 aliphatic carbocycles. The summed E-state index contributed by atoms with van der Waals surface area (Å²) >= 11 is 5.52. The normalized spacial score (nSPS) is 24.8. The van der Waals surface area contributed by atoms with Crippen LogP contribution in [0.15, 0.2) is 10.8 Å². The maximum atomic E-state index is 5.41. The summed E-state index contributed by atoms with van der Waals surface area (Å²) in [6, 6.07) is 0. The van der Waals surface area contributed by atoms with E-state index in [0.717, 1.165) is 23.4 Å². The Kier molecular flexibility index (Phi) is 4.11. The molecule has 7 heteroatoms. The number of aromatic nitrogens is 2. The van der Waals surface area contributed by atoms with Crippen LogP contribution in [0.1, 0.15) is 13.8 Å². The number of hydrogen-bond acceptors (Lipinski definition) is 6. The van der Waals surface area contributed by atoms with Gasteiger partial charge in [0.25, 0.3) is 0 Å². The molecule has 0 saturated carbocycles. The van der Waals surface area contributed by atoms with Crippen LogP contribution in [0.25, 0.3) is 0 Å². The topological polar surface area (TPSA) is 67.1 Å². The predicted molar refractivity (Wildman–Crippen MR) is 76.3 cm³/mol. The van der Waals surface area contributed by atoms with Crippen molar-refractivity contribution in [2.24, 2.45) is 5.84 Å². The number of thioether (sulfide) groups is 1. The van der Waals surface area contributed by atoms with Gasteiger partial charge < -0.3 is 10.3 Å². The lowest BCUT2D eigenvalue weighted by molar-refractivity contribution is 0.715. The minimum atomic E-state index is 0.606. The highest BCUT2D eigenvalue weighted by atomic mass is 79.9. The van der Waals surface area contributed by atoms with Gasteiger partial charge in [-0.2, -0.15) is 11.8 Å². The lowest BCUT2D eigenvalue weighted by Gasteiger charge is -2.35. The second-order valence-electron chi connectivity index (χ2n) is 4.17. The van der Waals surface area contributed by atoms with Crippen LogP contribution in [-0.4, -0.2) is 33.6 Å². The number of anilines is 2. The maximum Gasteiger partial charge on any atom is 0.159 e. The van der Waals surface area contributed by atoms with Gasteiger partial charge in [-0.05, 0) is 15.9 Å². The van der Waals surface area contributed by atoms with Crippen LogP contribution in [0.2, 0.25) is 0 Å². The molecule has 17 heavy (non-hydrogen) atoms. The Morgan fingerprint density at radius 3 is 2.65 bits per heavy atom. The molecular formula is C10H16BrN5S. The first-order valence-electron chi connectivity index (χ1n) is 5.49. The van der Waals surface area contributed by atoms with Crippen LogP contribution < -0.4 is 16.2 Å². The molecule has 1 aromatic heterocycles. The molecule has 0 bridgehead atoms. The van der Waals surface area contributed by atoms with Crippen molar-refractivity contribution in [2.45, 2.75) is 24.3 Å². The fraction of sp³-hybridized carbons (Fsp3) is 0.600. The molecule has 1 fully saturated rings. The summed E-state index contributed by atoms with van der Waals surface area (Å²) in [6.07, 6.45) is 1.53. The second kappa shape index (κ2) is 5.41. The van der Waals surface area contributed by atoms with Crippen molar-refractivity contribution < 1.29 is 0 Å². The monoisotopic (exact) mass is 317 g/mol. The molecule has 0 aromatic carbocycles. The zero-order valence-electron chi connectivity index (χ0n) is 9.85. The molecule has 3 N–H and O–H groups in total. The number of rotatable bonds is 2. The van der Waals surface area contributed by atoms with Crippen molar-refractivity contribution in [3.05, 3.63) is 10.8 Å². The zero-order valence-corrected chi connectivity index (χ0v) is 12.3. The van der Waals surface area contributed by atoms with Crippen molar-refractivity contribution in [1.82, 2.24) is 9.97 Å². The average molecular weight is 318 g/mol. The molecule has 5 nitrogen and oxygen atoms in total. The number of nitrogen functional groups attached to an aromatic ring is 1. The zero-order chi connectivity index (χ0) is 12.4. The SMILES string of the molecule is CC1CN(c2ncnc(NN)c2Br)CC(C)S1. The van der Waals surface area contributed by atoms with Crippen LogP contribution in [-0.2, 0) is 0 Å². The van der Waals surface area contributed by atoms with Crippen LogP contribution in [0, 0.1) is 0 Å². The Hall–Kier alpha value is -0.530. The average Bonchev–Trinajstić information content (AvgIpc) is 2.28. The molecule has 0 radical (unpaired) electrons. The summed E-state index contributed by atoms with van der Waals surface area (Å²) < 4.78 is 0.828. The van der Waals surface area contributed by atoms with Gasteiger partial charge in [-0.1, -0.05) is 13.8 Å². The highest BCUT2D eigenvalue weighted by molar-refractivity contribution is 9.10. The summed E-state index contributed by atoms with van der Waals surface area (Å²) in [5, 5.41) is 1.21. The fourth-order valence-electron chi connectivity index (χ4n) is 2.03.